The summed E-state index contributed by atoms with van der Waals surface area (Å²) in [5, 5.41) is 5.46. The van der Waals surface area contributed by atoms with Gasteiger partial charge < -0.3 is 20.7 Å². The Bertz CT molecular complexity index is 635. The summed E-state index contributed by atoms with van der Waals surface area (Å²) in [6, 6.07) is 0.0387. The lowest BCUT2D eigenvalue weighted by Gasteiger charge is -2.37. The van der Waals surface area contributed by atoms with E-state index in [2.05, 4.69) is 10.3 Å². The number of rotatable bonds is 5. The van der Waals surface area contributed by atoms with Crippen molar-refractivity contribution in [3.05, 3.63) is 11.1 Å². The lowest BCUT2D eigenvalue weighted by Crippen LogP contribution is -2.49. The molecule has 8 heteroatoms. The normalized spacial score (nSPS) is 28.6. The zero-order valence-corrected chi connectivity index (χ0v) is 15.6. The molecule has 4 atom stereocenters. The molecule has 1 aromatic rings. The number of carbonyl (C=O) groups excluding carboxylic acids is 2. The minimum Gasteiger partial charge on any atom is -0.379 e. The van der Waals surface area contributed by atoms with Crippen molar-refractivity contribution in [1.82, 2.24) is 15.2 Å². The minimum absolute atomic E-state index is 0.0261. The second-order valence-corrected chi connectivity index (χ2v) is 7.94. The fraction of sp³-hybridized carbons (Fsp3) is 0.706. The van der Waals surface area contributed by atoms with Crippen LogP contribution in [-0.2, 0) is 20.7 Å². The molecule has 1 aromatic heterocycles. The third-order valence-electron chi connectivity index (χ3n) is 5.33. The Morgan fingerprint density at radius 1 is 1.40 bits per heavy atom. The number of hydrogen-bond acceptors (Lipinski definition) is 6. The van der Waals surface area contributed by atoms with Crippen LogP contribution in [0.4, 0.5) is 5.13 Å². The highest BCUT2D eigenvalue weighted by molar-refractivity contribution is 7.13. The maximum atomic E-state index is 12.5. The lowest BCUT2D eigenvalue weighted by molar-refractivity contribution is -0.130. The SMILES string of the molecule is CO[C@@H]1C[C@H]2CN(C(=O)CCc3csc(N)n3)C[C@H]2C[C@H]1NC(C)=O. The first-order valence-electron chi connectivity index (χ1n) is 8.73. The van der Waals surface area contributed by atoms with E-state index >= 15 is 0 Å². The molecule has 2 heterocycles. The van der Waals surface area contributed by atoms with E-state index in [0.717, 1.165) is 31.6 Å². The van der Waals surface area contributed by atoms with Crippen molar-refractivity contribution < 1.29 is 14.3 Å². The van der Waals surface area contributed by atoms with E-state index in [9.17, 15) is 9.59 Å². The van der Waals surface area contributed by atoms with Gasteiger partial charge in [0.2, 0.25) is 11.8 Å². The number of nitrogen functional groups attached to an aromatic ring is 1. The summed E-state index contributed by atoms with van der Waals surface area (Å²) in [4.78, 5) is 30.1. The van der Waals surface area contributed by atoms with Gasteiger partial charge in [0.25, 0.3) is 0 Å². The van der Waals surface area contributed by atoms with E-state index in [1.807, 2.05) is 10.3 Å². The summed E-state index contributed by atoms with van der Waals surface area (Å²) in [7, 11) is 1.69. The van der Waals surface area contributed by atoms with Gasteiger partial charge >= 0.3 is 0 Å². The molecular weight excluding hydrogens is 340 g/mol. The number of methoxy groups -OCH3 is 1. The second-order valence-electron chi connectivity index (χ2n) is 7.05. The third kappa shape index (κ3) is 4.30. The molecule has 0 unspecified atom stereocenters. The molecule has 1 saturated heterocycles. The zero-order chi connectivity index (χ0) is 18.0. The van der Waals surface area contributed by atoms with Crippen LogP contribution < -0.4 is 11.1 Å². The number of nitrogens with zero attached hydrogens (tertiary/aromatic N) is 2. The number of nitrogens with one attached hydrogen (secondary N) is 1. The summed E-state index contributed by atoms with van der Waals surface area (Å²) in [5.74, 6) is 1.03. The number of aryl methyl sites for hydroxylation is 1. The summed E-state index contributed by atoms with van der Waals surface area (Å²) in [6.45, 7) is 3.10. The van der Waals surface area contributed by atoms with Gasteiger partial charge in [0.1, 0.15) is 0 Å². The Balaban J connectivity index is 1.54. The van der Waals surface area contributed by atoms with Gasteiger partial charge in [-0.25, -0.2) is 4.98 Å². The predicted octanol–water partition coefficient (Wildman–Crippen LogP) is 1.05. The third-order valence-corrected chi connectivity index (χ3v) is 6.05. The molecule has 25 heavy (non-hydrogen) atoms. The number of amides is 2. The Hall–Kier alpha value is -1.67. The summed E-state index contributed by atoms with van der Waals surface area (Å²) in [5.41, 5.74) is 6.52. The van der Waals surface area contributed by atoms with Crippen LogP contribution in [0.2, 0.25) is 0 Å². The minimum atomic E-state index is -0.0287. The molecule has 0 bridgehead atoms. The van der Waals surface area contributed by atoms with Crippen molar-refractivity contribution in [3.63, 3.8) is 0 Å². The lowest BCUT2D eigenvalue weighted by atomic mass is 9.77. The molecule has 0 aromatic carbocycles. The quantitative estimate of drug-likeness (QED) is 0.812. The number of likely N-dealkylation sites (tertiary alicyclic amines) is 1. The van der Waals surface area contributed by atoms with Crippen molar-refractivity contribution in [2.24, 2.45) is 11.8 Å². The van der Waals surface area contributed by atoms with E-state index in [-0.39, 0.29) is 24.0 Å². The highest BCUT2D eigenvalue weighted by Crippen LogP contribution is 2.37. The van der Waals surface area contributed by atoms with E-state index < -0.39 is 0 Å². The molecule has 2 fully saturated rings. The van der Waals surface area contributed by atoms with Gasteiger partial charge in [0.05, 0.1) is 17.8 Å². The van der Waals surface area contributed by atoms with E-state index in [1.165, 1.54) is 18.3 Å². The van der Waals surface area contributed by atoms with E-state index in [1.54, 1.807) is 7.11 Å². The van der Waals surface area contributed by atoms with E-state index in [0.29, 0.717) is 29.8 Å². The number of anilines is 1. The standard InChI is InChI=1S/C17H26N4O3S/c1-10(22)19-14-5-11-7-21(8-12(11)6-15(14)24-2)16(23)4-3-13-9-25-17(18)20-13/h9,11-12,14-15H,3-8H2,1-2H3,(H2,18,20)(H,19,22)/t11-,12+,14-,15-/m1/s1. The zero-order valence-electron chi connectivity index (χ0n) is 14.7. The molecule has 1 saturated carbocycles. The topological polar surface area (TPSA) is 97.6 Å². The number of nitrogens with two attached hydrogens (primary N) is 1. The van der Waals surface area contributed by atoms with Gasteiger partial charge in [-0.15, -0.1) is 11.3 Å². The van der Waals surface area contributed by atoms with Gasteiger partial charge in [0, 0.05) is 38.9 Å². The highest BCUT2D eigenvalue weighted by atomic mass is 32.1. The number of fused-ring (bicyclic) bond motifs is 1. The molecule has 138 valence electrons. The average molecular weight is 366 g/mol. The van der Waals surface area contributed by atoms with Crippen molar-refractivity contribution in [3.8, 4) is 0 Å². The second kappa shape index (κ2) is 7.70. The van der Waals surface area contributed by atoms with Crippen LogP contribution in [0.5, 0.6) is 0 Å². The number of hydrogen-bond donors (Lipinski definition) is 2. The van der Waals surface area contributed by atoms with Crippen molar-refractivity contribution in [2.75, 3.05) is 25.9 Å². The molecule has 0 spiro atoms. The largest absolute Gasteiger partial charge is 0.379 e. The smallest absolute Gasteiger partial charge is 0.222 e. The summed E-state index contributed by atoms with van der Waals surface area (Å²) >= 11 is 1.41. The number of carbonyl (C=O) groups is 2. The van der Waals surface area contributed by atoms with Crippen LogP contribution in [-0.4, -0.2) is 54.0 Å². The summed E-state index contributed by atoms with van der Waals surface area (Å²) in [6.07, 6.45) is 2.88. The molecule has 3 rings (SSSR count). The first kappa shape index (κ1) is 18.1. The number of thiazole rings is 1. The fourth-order valence-electron chi connectivity index (χ4n) is 4.12. The number of aromatic nitrogens is 1. The van der Waals surface area contributed by atoms with Crippen LogP contribution in [0, 0.1) is 11.8 Å². The first-order valence-corrected chi connectivity index (χ1v) is 9.61. The Labute approximate surface area is 151 Å². The van der Waals surface area contributed by atoms with Crippen molar-refractivity contribution in [2.45, 2.75) is 44.8 Å². The molecule has 3 N–H and O–H groups in total. The molecule has 2 aliphatic rings. The number of ether oxygens (including phenoxy) is 1. The molecule has 1 aliphatic heterocycles. The van der Waals surface area contributed by atoms with Gasteiger partial charge in [0.15, 0.2) is 5.13 Å². The van der Waals surface area contributed by atoms with Crippen LogP contribution >= 0.6 is 11.3 Å². The van der Waals surface area contributed by atoms with Gasteiger partial charge in [-0.2, -0.15) is 0 Å². The van der Waals surface area contributed by atoms with Crippen molar-refractivity contribution in [1.29, 1.82) is 0 Å². The predicted molar refractivity (Wildman–Crippen MR) is 96.0 cm³/mol. The first-order chi connectivity index (χ1) is 12.0. The molecular formula is C17H26N4O3S. The Morgan fingerprint density at radius 3 is 2.72 bits per heavy atom. The maximum Gasteiger partial charge on any atom is 0.222 e. The average Bonchev–Trinajstić information content (AvgIpc) is 3.16. The van der Waals surface area contributed by atoms with Gasteiger partial charge in [-0.1, -0.05) is 0 Å². The van der Waals surface area contributed by atoms with Gasteiger partial charge in [-0.3, -0.25) is 9.59 Å². The van der Waals surface area contributed by atoms with Crippen molar-refractivity contribution >= 4 is 28.3 Å². The monoisotopic (exact) mass is 366 g/mol. The maximum absolute atomic E-state index is 12.5. The highest BCUT2D eigenvalue weighted by Gasteiger charge is 2.43. The molecule has 0 radical (unpaired) electrons. The van der Waals surface area contributed by atoms with Crippen LogP contribution in [0.25, 0.3) is 0 Å². The molecule has 2 amide bonds. The van der Waals surface area contributed by atoms with Crippen LogP contribution in [0.1, 0.15) is 31.9 Å². The summed E-state index contributed by atoms with van der Waals surface area (Å²) < 4.78 is 5.58. The fourth-order valence-corrected chi connectivity index (χ4v) is 4.72. The van der Waals surface area contributed by atoms with Crippen LogP contribution in [0.3, 0.4) is 0 Å². The molecule has 1 aliphatic carbocycles. The van der Waals surface area contributed by atoms with Gasteiger partial charge in [-0.05, 0) is 31.1 Å². The molecule has 7 nitrogen and oxygen atoms in total. The van der Waals surface area contributed by atoms with E-state index in [4.69, 9.17) is 10.5 Å². The Kier molecular flexibility index (Phi) is 5.58. The Morgan fingerprint density at radius 2 is 2.12 bits per heavy atom. The van der Waals surface area contributed by atoms with Crippen LogP contribution in [0.15, 0.2) is 5.38 Å².